The molecule has 1 unspecified atom stereocenters. The largest absolute Gasteiger partial charge is 3.00 e. The second-order valence-corrected chi connectivity index (χ2v) is 12.7. The van der Waals surface area contributed by atoms with Crippen LogP contribution in [0.2, 0.25) is 13.1 Å². The van der Waals surface area contributed by atoms with E-state index in [2.05, 4.69) is 147 Å². The van der Waals surface area contributed by atoms with Crippen molar-refractivity contribution in [2.45, 2.75) is 39.3 Å². The van der Waals surface area contributed by atoms with Crippen molar-refractivity contribution >= 4 is 30.5 Å². The number of hydrogen-bond acceptors (Lipinski definition) is 1. The summed E-state index contributed by atoms with van der Waals surface area (Å²) in [4.78, 5) is 2.38. The number of halogens is 2. The van der Waals surface area contributed by atoms with Crippen LogP contribution in [0.3, 0.4) is 0 Å². The Morgan fingerprint density at radius 1 is 0.900 bits per heavy atom. The first-order chi connectivity index (χ1) is 18.0. The average molecular weight is 661 g/mol. The molecule has 0 saturated heterocycles. The maximum absolute atomic E-state index is 2.42. The number of para-hydroxylation sites is 1. The van der Waals surface area contributed by atoms with E-state index in [9.17, 15) is 0 Å². The Labute approximate surface area is 273 Å². The third-order valence-corrected chi connectivity index (χ3v) is 8.18. The fraction of sp³-hybridized carbons (Fsp3) is 0.200. The topological polar surface area (TPSA) is 3.24 Å². The van der Waals surface area contributed by atoms with Gasteiger partial charge in [-0.1, -0.05) is 105 Å². The van der Waals surface area contributed by atoms with Crippen LogP contribution < -0.4 is 29.7 Å². The van der Waals surface area contributed by atoms with E-state index >= 15 is 0 Å². The summed E-state index contributed by atoms with van der Waals surface area (Å²) >= 11 is 0. The molecule has 40 heavy (non-hydrogen) atoms. The van der Waals surface area contributed by atoms with E-state index in [-0.39, 0.29) is 59.4 Å². The molecular weight excluding hydrogens is 625 g/mol. The first kappa shape index (κ1) is 34.0. The normalized spacial score (nSPS) is 13.7. The Morgan fingerprint density at radius 3 is 2.23 bits per heavy atom. The molecule has 4 aromatic carbocycles. The molecular formula is C35H36Cl2NSiZr. The summed E-state index contributed by atoms with van der Waals surface area (Å²) in [6.07, 6.45) is 8.15. The van der Waals surface area contributed by atoms with Crippen molar-refractivity contribution in [1.29, 1.82) is 0 Å². The van der Waals surface area contributed by atoms with Gasteiger partial charge in [0.05, 0.1) is 0 Å². The van der Waals surface area contributed by atoms with E-state index in [1.807, 2.05) is 0 Å². The standard InChI is InChI=1S/C19H19.C16H17NSi.2ClH.Zr/c1-3-14(2)15-8-10-16(11-9-15)19-12-17-6-4-5-7-18(17)13-19;1-18(2)12-13-10-14-8-9-17(16(14)11-13)15-6-4-3-5-7-15;;;/h4-14H,3H2,1-2H3;3-8,10-12H,9H2,1-2H3;2*1H;/q-1;;;;+3/p-2. The third-order valence-electron chi connectivity index (χ3n) is 7.27. The molecule has 1 aliphatic heterocycles. The summed E-state index contributed by atoms with van der Waals surface area (Å²) in [5.41, 5.74) is 11.9. The number of anilines is 1. The molecule has 0 spiro atoms. The molecule has 0 N–H and O–H groups in total. The number of allylic oxidation sites excluding steroid dienone is 3. The molecule has 0 aromatic heterocycles. The van der Waals surface area contributed by atoms with Gasteiger partial charge in [-0.25, -0.2) is 0 Å². The fourth-order valence-corrected chi connectivity index (χ4v) is 5.88. The van der Waals surface area contributed by atoms with Crippen LogP contribution in [0.15, 0.2) is 126 Å². The van der Waals surface area contributed by atoms with Crippen LogP contribution in [0.5, 0.6) is 0 Å². The first-order valence-electron chi connectivity index (χ1n) is 13.4. The zero-order chi connectivity index (χ0) is 25.8. The molecule has 5 heteroatoms. The van der Waals surface area contributed by atoms with E-state index in [0.29, 0.717) is 5.92 Å². The predicted molar refractivity (Wildman–Crippen MR) is 165 cm³/mol. The second-order valence-electron chi connectivity index (χ2n) is 10.3. The minimum atomic E-state index is -0.313. The summed E-state index contributed by atoms with van der Waals surface area (Å²) in [6.45, 7) is 10.2. The number of benzene rings is 3. The number of nitrogens with zero attached hydrogens (tertiary/aromatic N) is 1. The van der Waals surface area contributed by atoms with Crippen LogP contribution in [0.25, 0.3) is 21.9 Å². The third kappa shape index (κ3) is 7.98. The molecule has 1 aliphatic carbocycles. The smallest absolute Gasteiger partial charge is 1.00 e. The first-order valence-corrected chi connectivity index (χ1v) is 16.0. The van der Waals surface area contributed by atoms with E-state index in [1.54, 1.807) is 0 Å². The van der Waals surface area contributed by atoms with Crippen molar-refractivity contribution in [3.63, 3.8) is 0 Å². The molecule has 0 amide bonds. The van der Waals surface area contributed by atoms with Crippen molar-refractivity contribution in [2.24, 2.45) is 0 Å². The van der Waals surface area contributed by atoms with Gasteiger partial charge in [-0.05, 0) is 53.3 Å². The van der Waals surface area contributed by atoms with Gasteiger partial charge in [-0.3, -0.25) is 0 Å². The zero-order valence-corrected chi connectivity index (χ0v) is 28.6. The Bertz CT molecular complexity index is 1480. The predicted octanol–water partition coefficient (Wildman–Crippen LogP) is 3.14. The average Bonchev–Trinajstić information content (AvgIpc) is 3.63. The molecule has 6 rings (SSSR count). The maximum atomic E-state index is 2.42. The molecule has 0 saturated carbocycles. The van der Waals surface area contributed by atoms with E-state index in [0.717, 1.165) is 6.54 Å². The second kappa shape index (κ2) is 15.7. The van der Waals surface area contributed by atoms with Crippen molar-refractivity contribution < 1.29 is 51.0 Å². The van der Waals surface area contributed by atoms with E-state index in [4.69, 9.17) is 0 Å². The van der Waals surface area contributed by atoms with Crippen LogP contribution in [0, 0.1) is 0 Å². The van der Waals surface area contributed by atoms with Crippen molar-refractivity contribution in [3.8, 4) is 11.1 Å². The molecule has 1 heterocycles. The van der Waals surface area contributed by atoms with Crippen LogP contribution in [0.1, 0.15) is 31.7 Å². The zero-order valence-electron chi connectivity index (χ0n) is 23.7. The van der Waals surface area contributed by atoms with Gasteiger partial charge in [0.2, 0.25) is 0 Å². The summed E-state index contributed by atoms with van der Waals surface area (Å²) in [6, 6.07) is 32.7. The number of hydrogen-bond donors (Lipinski definition) is 0. The van der Waals surface area contributed by atoms with Gasteiger partial charge in [0.1, 0.15) is 0 Å². The van der Waals surface area contributed by atoms with Crippen LogP contribution in [-0.2, 0) is 26.2 Å². The van der Waals surface area contributed by atoms with Crippen molar-refractivity contribution in [2.75, 3.05) is 11.4 Å². The summed E-state index contributed by atoms with van der Waals surface area (Å²) in [7, 11) is -0.313. The van der Waals surface area contributed by atoms with Crippen molar-refractivity contribution in [3.05, 3.63) is 132 Å². The minimum absolute atomic E-state index is 0. The summed E-state index contributed by atoms with van der Waals surface area (Å²) in [5, 5.41) is 2.65. The van der Waals surface area contributed by atoms with Gasteiger partial charge in [0.25, 0.3) is 0 Å². The number of rotatable bonds is 5. The Hall–Kier alpha value is -2.16. The number of fused-ring (bicyclic) bond motifs is 2. The van der Waals surface area contributed by atoms with Gasteiger partial charge in [0, 0.05) is 26.3 Å². The molecule has 4 aromatic rings. The van der Waals surface area contributed by atoms with Crippen LogP contribution in [-0.4, -0.2) is 20.6 Å². The van der Waals surface area contributed by atoms with Crippen LogP contribution in [0.4, 0.5) is 5.69 Å². The molecule has 0 fully saturated rings. The van der Waals surface area contributed by atoms with E-state index in [1.165, 1.54) is 56.4 Å². The van der Waals surface area contributed by atoms with Crippen LogP contribution >= 0.6 is 0 Å². The molecule has 2 aliphatic rings. The van der Waals surface area contributed by atoms with Gasteiger partial charge in [0.15, 0.2) is 0 Å². The molecule has 1 radical (unpaired) electrons. The minimum Gasteiger partial charge on any atom is -1.00 e. The molecule has 0 bridgehead atoms. The Morgan fingerprint density at radius 2 is 1.57 bits per heavy atom. The van der Waals surface area contributed by atoms with Gasteiger partial charge in [-0.2, -0.15) is 0 Å². The quantitative estimate of drug-likeness (QED) is 0.235. The Balaban J connectivity index is 0.000000261. The maximum Gasteiger partial charge on any atom is 3.00 e. The fourth-order valence-electron chi connectivity index (χ4n) is 5.05. The Kier molecular flexibility index (Phi) is 13.4. The summed E-state index contributed by atoms with van der Waals surface area (Å²) in [5.74, 6) is 0.646. The van der Waals surface area contributed by atoms with Gasteiger partial charge >= 0.3 is 26.2 Å². The van der Waals surface area contributed by atoms with Gasteiger partial charge in [-0.15, -0.1) is 34.5 Å². The molecule has 203 valence electrons. The molecule has 1 nitrogen and oxygen atoms in total. The summed E-state index contributed by atoms with van der Waals surface area (Å²) < 4.78 is 0. The van der Waals surface area contributed by atoms with Gasteiger partial charge < -0.3 is 29.7 Å². The monoisotopic (exact) mass is 658 g/mol. The SMILES string of the molecule is CCC(C)c1ccc(-c2cc3ccccc3[cH-]2)cc1.C[Si](C)=CC1=CC2=CCN(c3ccccc3)C2=C1.[Cl-].[Cl-].[Zr+3]. The molecule has 1 atom stereocenters. The van der Waals surface area contributed by atoms with E-state index < -0.39 is 0 Å². The van der Waals surface area contributed by atoms with Crippen molar-refractivity contribution in [1.82, 2.24) is 0 Å².